The molecule has 1 aliphatic carbocycles. The molecule has 3 N–H and O–H groups in total. The Morgan fingerprint density at radius 1 is 1.42 bits per heavy atom. The van der Waals surface area contributed by atoms with Crippen LogP contribution in [0.3, 0.4) is 0 Å². The zero-order valence-corrected chi connectivity index (χ0v) is 11.4. The first kappa shape index (κ1) is 12.4. The number of rotatable bonds is 3. The number of hydrogen-bond acceptors (Lipinski definition) is 4. The number of fused-ring (bicyclic) bond motifs is 1. The van der Waals surface area contributed by atoms with Gasteiger partial charge in [0.05, 0.1) is 0 Å². The number of nitrogens with one attached hydrogen (secondary N) is 1. The Hall–Kier alpha value is -1.60. The number of nitrogen functional groups attached to an aromatic ring is 1. The highest BCUT2D eigenvalue weighted by atomic mass is 32.2. The van der Waals surface area contributed by atoms with Crippen molar-refractivity contribution in [2.45, 2.75) is 30.8 Å². The summed E-state index contributed by atoms with van der Waals surface area (Å²) in [6.07, 6.45) is 3.39. The van der Waals surface area contributed by atoms with Crippen LogP contribution >= 0.6 is 0 Å². The van der Waals surface area contributed by atoms with Gasteiger partial charge < -0.3 is 5.73 Å². The predicted molar refractivity (Wildman–Crippen MR) is 72.1 cm³/mol. The van der Waals surface area contributed by atoms with Crippen LogP contribution in [0.25, 0.3) is 5.65 Å². The monoisotopic (exact) mass is 280 g/mol. The lowest BCUT2D eigenvalue weighted by Crippen LogP contribution is -2.43. The third-order valence-electron chi connectivity index (χ3n) is 3.46. The van der Waals surface area contributed by atoms with E-state index in [4.69, 9.17) is 5.73 Å². The number of nitrogens with two attached hydrogens (primary N) is 1. The first-order valence-corrected chi connectivity index (χ1v) is 7.70. The van der Waals surface area contributed by atoms with Gasteiger partial charge in [0.1, 0.15) is 5.65 Å². The highest BCUT2D eigenvalue weighted by Gasteiger charge is 2.32. The van der Waals surface area contributed by atoms with Crippen LogP contribution in [-0.4, -0.2) is 23.8 Å². The number of nitrogens with zero attached hydrogens (tertiary/aromatic N) is 2. The number of sulfonamides is 1. The van der Waals surface area contributed by atoms with Gasteiger partial charge in [0.2, 0.25) is 0 Å². The Bertz CT molecular complexity index is 716. The fourth-order valence-corrected chi connectivity index (χ4v) is 4.01. The molecule has 1 fully saturated rings. The summed E-state index contributed by atoms with van der Waals surface area (Å²) >= 11 is 0. The maximum absolute atomic E-state index is 12.4. The first-order chi connectivity index (χ1) is 8.97. The summed E-state index contributed by atoms with van der Waals surface area (Å²) in [6, 6.07) is 5.27. The van der Waals surface area contributed by atoms with Gasteiger partial charge in [-0.15, -0.1) is 0 Å². The van der Waals surface area contributed by atoms with Gasteiger partial charge in [0.15, 0.2) is 10.8 Å². The van der Waals surface area contributed by atoms with Crippen molar-refractivity contribution in [3.63, 3.8) is 0 Å². The molecule has 3 rings (SSSR count). The van der Waals surface area contributed by atoms with Crippen molar-refractivity contribution < 1.29 is 8.42 Å². The Kier molecular flexibility index (Phi) is 2.75. The van der Waals surface area contributed by atoms with E-state index in [2.05, 4.69) is 16.6 Å². The van der Waals surface area contributed by atoms with Gasteiger partial charge >= 0.3 is 0 Å². The van der Waals surface area contributed by atoms with E-state index in [9.17, 15) is 8.42 Å². The fraction of sp³-hybridized carbons (Fsp3) is 0.417. The summed E-state index contributed by atoms with van der Waals surface area (Å²) in [6.45, 7) is 2.10. The van der Waals surface area contributed by atoms with Crippen molar-refractivity contribution in [3.05, 3.63) is 24.4 Å². The molecule has 6 nitrogen and oxygen atoms in total. The minimum atomic E-state index is -3.63. The van der Waals surface area contributed by atoms with E-state index in [-0.39, 0.29) is 16.9 Å². The lowest BCUT2D eigenvalue weighted by atomic mass is 9.83. The van der Waals surface area contributed by atoms with Crippen molar-refractivity contribution in [2.75, 3.05) is 5.73 Å². The molecule has 2 aromatic heterocycles. The summed E-state index contributed by atoms with van der Waals surface area (Å²) in [5, 5.41) is 0.0302. The number of hydrogen-bond donors (Lipinski definition) is 2. The van der Waals surface area contributed by atoms with Crippen molar-refractivity contribution in [3.8, 4) is 0 Å². The van der Waals surface area contributed by atoms with E-state index in [0.717, 1.165) is 12.8 Å². The maximum atomic E-state index is 12.4. The molecule has 0 unspecified atom stereocenters. The number of imidazole rings is 1. The molecule has 19 heavy (non-hydrogen) atoms. The first-order valence-electron chi connectivity index (χ1n) is 6.22. The van der Waals surface area contributed by atoms with E-state index in [1.807, 2.05) is 0 Å². The summed E-state index contributed by atoms with van der Waals surface area (Å²) in [4.78, 5) is 4.07. The van der Waals surface area contributed by atoms with Gasteiger partial charge in [0, 0.05) is 12.2 Å². The lowest BCUT2D eigenvalue weighted by Gasteiger charge is -2.32. The van der Waals surface area contributed by atoms with Gasteiger partial charge in [-0.25, -0.2) is 18.1 Å². The normalized spacial score (nSPS) is 23.4. The molecule has 0 radical (unpaired) electrons. The Morgan fingerprint density at radius 2 is 2.16 bits per heavy atom. The number of anilines is 1. The van der Waals surface area contributed by atoms with Crippen molar-refractivity contribution in [2.24, 2.45) is 5.92 Å². The minimum Gasteiger partial charge on any atom is -0.381 e. The van der Waals surface area contributed by atoms with Crippen molar-refractivity contribution >= 4 is 21.5 Å². The molecule has 2 heterocycles. The highest BCUT2D eigenvalue weighted by molar-refractivity contribution is 7.89. The van der Waals surface area contributed by atoms with Crippen molar-refractivity contribution in [1.29, 1.82) is 0 Å². The molecule has 2 aromatic rings. The molecule has 102 valence electrons. The molecule has 1 saturated carbocycles. The average molecular weight is 280 g/mol. The molecule has 0 spiro atoms. The number of aromatic nitrogens is 2. The molecular weight excluding hydrogens is 264 g/mol. The van der Waals surface area contributed by atoms with Crippen LogP contribution in [0.4, 0.5) is 5.82 Å². The van der Waals surface area contributed by atoms with Crippen LogP contribution in [0.1, 0.15) is 19.8 Å². The zero-order valence-electron chi connectivity index (χ0n) is 10.6. The van der Waals surface area contributed by atoms with Crippen LogP contribution < -0.4 is 10.5 Å². The fourth-order valence-electron chi connectivity index (χ4n) is 2.53. The second kappa shape index (κ2) is 4.21. The third kappa shape index (κ3) is 2.08. The molecule has 0 amide bonds. The van der Waals surface area contributed by atoms with Crippen LogP contribution in [0.5, 0.6) is 0 Å². The lowest BCUT2D eigenvalue weighted by molar-refractivity contribution is 0.270. The standard InChI is InChI=1S/C12H16N4O2S/c1-8-6-9(7-8)15-19(17,18)12-11(13)14-10-4-2-3-5-16(10)12/h2-5,8-9,15H,6-7,13H2,1H3. The molecule has 0 bridgehead atoms. The van der Waals surface area contributed by atoms with E-state index < -0.39 is 10.0 Å². The predicted octanol–water partition coefficient (Wildman–Crippen LogP) is 0.993. The summed E-state index contributed by atoms with van der Waals surface area (Å²) in [5.41, 5.74) is 6.28. The summed E-state index contributed by atoms with van der Waals surface area (Å²) in [7, 11) is -3.63. The average Bonchev–Trinajstić information content (AvgIpc) is 2.63. The van der Waals surface area contributed by atoms with Crippen LogP contribution in [0, 0.1) is 5.92 Å². The molecule has 0 saturated heterocycles. The van der Waals surface area contributed by atoms with Crippen molar-refractivity contribution in [1.82, 2.24) is 14.1 Å². The second-order valence-electron chi connectivity index (χ2n) is 5.13. The van der Waals surface area contributed by atoms with E-state index in [1.165, 1.54) is 4.40 Å². The van der Waals surface area contributed by atoms with Gasteiger partial charge in [-0.05, 0) is 30.9 Å². The Morgan fingerprint density at radius 3 is 2.84 bits per heavy atom. The van der Waals surface area contributed by atoms with Crippen LogP contribution in [0.15, 0.2) is 29.4 Å². The minimum absolute atomic E-state index is 0.00802. The van der Waals surface area contributed by atoms with Gasteiger partial charge in [-0.2, -0.15) is 0 Å². The maximum Gasteiger partial charge on any atom is 0.260 e. The summed E-state index contributed by atoms with van der Waals surface area (Å²) < 4.78 is 29.0. The van der Waals surface area contributed by atoms with E-state index in [0.29, 0.717) is 11.6 Å². The molecular formula is C12H16N4O2S. The van der Waals surface area contributed by atoms with E-state index in [1.54, 1.807) is 24.4 Å². The molecule has 1 aliphatic rings. The Balaban J connectivity index is 2.01. The highest BCUT2D eigenvalue weighted by Crippen LogP contribution is 2.29. The molecule has 0 aromatic carbocycles. The van der Waals surface area contributed by atoms with Gasteiger partial charge in [-0.1, -0.05) is 13.0 Å². The second-order valence-corrected chi connectivity index (χ2v) is 6.76. The summed E-state index contributed by atoms with van der Waals surface area (Å²) in [5.74, 6) is 0.610. The quantitative estimate of drug-likeness (QED) is 0.877. The van der Waals surface area contributed by atoms with Gasteiger partial charge in [0.25, 0.3) is 10.0 Å². The van der Waals surface area contributed by atoms with Gasteiger partial charge in [-0.3, -0.25) is 4.40 Å². The zero-order chi connectivity index (χ0) is 13.6. The SMILES string of the molecule is CC1CC(NS(=O)(=O)c2c(N)nc3ccccn23)C1. The van der Waals surface area contributed by atoms with Crippen LogP contribution in [-0.2, 0) is 10.0 Å². The molecule has 7 heteroatoms. The third-order valence-corrected chi connectivity index (χ3v) is 5.02. The smallest absolute Gasteiger partial charge is 0.260 e. The molecule has 0 aliphatic heterocycles. The van der Waals surface area contributed by atoms with Crippen LogP contribution in [0.2, 0.25) is 0 Å². The topological polar surface area (TPSA) is 89.5 Å². The number of pyridine rings is 1. The Labute approximate surface area is 111 Å². The largest absolute Gasteiger partial charge is 0.381 e. The molecule has 0 atom stereocenters. The van der Waals surface area contributed by atoms with E-state index >= 15 is 0 Å².